The van der Waals surface area contributed by atoms with Gasteiger partial charge in [-0.25, -0.2) is 4.99 Å². The van der Waals surface area contributed by atoms with Crippen LogP contribution in [0.15, 0.2) is 22.5 Å². The molecule has 2 unspecified atom stereocenters. The molecule has 1 N–H and O–H groups in total. The quantitative estimate of drug-likeness (QED) is 0.628. The fourth-order valence-electron chi connectivity index (χ4n) is 3.87. The van der Waals surface area contributed by atoms with Crippen molar-refractivity contribution < 1.29 is 4.74 Å². The molecular weight excluding hydrogens is 360 g/mol. The van der Waals surface area contributed by atoms with E-state index in [9.17, 15) is 0 Å². The second kappa shape index (κ2) is 8.39. The molecule has 0 radical (unpaired) electrons. The summed E-state index contributed by atoms with van der Waals surface area (Å²) >= 11 is 1.77. The third-order valence-corrected chi connectivity index (χ3v) is 6.59. The molecule has 2 aliphatic rings. The summed E-state index contributed by atoms with van der Waals surface area (Å²) in [4.78, 5) is 8.61. The average molecular weight is 389 g/mol. The summed E-state index contributed by atoms with van der Waals surface area (Å²) < 4.78 is 7.60. The Morgan fingerprint density at radius 1 is 1.37 bits per heavy atom. The third kappa shape index (κ3) is 4.32. The molecule has 0 aliphatic carbocycles. The summed E-state index contributed by atoms with van der Waals surface area (Å²) in [7, 11) is 1.99. The maximum absolute atomic E-state index is 5.60. The first-order chi connectivity index (χ1) is 13.2. The van der Waals surface area contributed by atoms with Gasteiger partial charge < -0.3 is 19.5 Å². The minimum atomic E-state index is 0.540. The molecule has 27 heavy (non-hydrogen) atoms. The molecule has 146 valence electrons. The number of hydrogen-bond donors (Lipinski definition) is 1. The van der Waals surface area contributed by atoms with Crippen LogP contribution in [0.2, 0.25) is 0 Å². The fraction of sp³-hybridized carbons (Fsp3) is 0.632. The summed E-state index contributed by atoms with van der Waals surface area (Å²) in [6.45, 7) is 7.26. The van der Waals surface area contributed by atoms with Crippen LogP contribution in [0.25, 0.3) is 0 Å². The Morgan fingerprint density at radius 2 is 2.30 bits per heavy atom. The largest absolute Gasteiger partial charge is 0.381 e. The monoisotopic (exact) mass is 388 g/mol. The smallest absolute Gasteiger partial charge is 0.194 e. The van der Waals surface area contributed by atoms with Crippen LogP contribution in [0.5, 0.6) is 0 Å². The zero-order chi connectivity index (χ0) is 18.6. The molecule has 7 nitrogen and oxygen atoms in total. The van der Waals surface area contributed by atoms with Gasteiger partial charge in [0.05, 0.1) is 6.54 Å². The Hall–Kier alpha value is -1.93. The van der Waals surface area contributed by atoms with Crippen molar-refractivity contribution in [2.24, 2.45) is 23.9 Å². The molecule has 2 fully saturated rings. The first-order valence-electron chi connectivity index (χ1n) is 9.69. The Morgan fingerprint density at radius 3 is 3.00 bits per heavy atom. The van der Waals surface area contributed by atoms with Gasteiger partial charge in [-0.1, -0.05) is 6.07 Å². The maximum atomic E-state index is 5.60. The summed E-state index contributed by atoms with van der Waals surface area (Å²) in [5.41, 5.74) is 0. The van der Waals surface area contributed by atoms with Crippen LogP contribution in [-0.4, -0.2) is 51.9 Å². The predicted octanol–water partition coefficient (Wildman–Crippen LogP) is 2.19. The molecule has 2 atom stereocenters. The van der Waals surface area contributed by atoms with Gasteiger partial charge in [-0.3, -0.25) is 0 Å². The fourth-order valence-corrected chi connectivity index (χ4v) is 4.51. The number of nitrogens with one attached hydrogen (secondary N) is 1. The second-order valence-electron chi connectivity index (χ2n) is 7.41. The van der Waals surface area contributed by atoms with Gasteiger partial charge >= 0.3 is 0 Å². The van der Waals surface area contributed by atoms with Crippen molar-refractivity contribution in [1.29, 1.82) is 0 Å². The Kier molecular flexibility index (Phi) is 5.73. The molecule has 0 aromatic carbocycles. The van der Waals surface area contributed by atoms with Crippen molar-refractivity contribution in [3.8, 4) is 0 Å². The lowest BCUT2D eigenvalue weighted by Crippen LogP contribution is -2.40. The SMILES string of the molecule is Cc1nnc(CN=C(NCc2cccs2)N2CCC(C3CCOC3)C2)n1C. The first kappa shape index (κ1) is 18.4. The van der Waals surface area contributed by atoms with Crippen LogP contribution in [0.1, 0.15) is 29.4 Å². The highest BCUT2D eigenvalue weighted by Crippen LogP contribution is 2.30. The van der Waals surface area contributed by atoms with E-state index in [-0.39, 0.29) is 0 Å². The number of aromatic nitrogens is 3. The van der Waals surface area contributed by atoms with E-state index in [0.717, 1.165) is 50.5 Å². The van der Waals surface area contributed by atoms with Gasteiger partial charge in [-0.05, 0) is 43.0 Å². The summed E-state index contributed by atoms with van der Waals surface area (Å²) in [6.07, 6.45) is 2.42. The van der Waals surface area contributed by atoms with Crippen molar-refractivity contribution in [2.45, 2.75) is 32.9 Å². The van der Waals surface area contributed by atoms with E-state index in [1.54, 1.807) is 11.3 Å². The number of aliphatic imine (C=N–C) groups is 1. The molecule has 2 aromatic rings. The predicted molar refractivity (Wildman–Crippen MR) is 107 cm³/mol. The Labute approximate surface area is 164 Å². The van der Waals surface area contributed by atoms with Gasteiger partial charge in [-0.2, -0.15) is 0 Å². The zero-order valence-corrected chi connectivity index (χ0v) is 16.9. The van der Waals surface area contributed by atoms with Crippen molar-refractivity contribution in [3.05, 3.63) is 34.0 Å². The number of likely N-dealkylation sites (tertiary alicyclic amines) is 1. The molecule has 2 saturated heterocycles. The van der Waals surface area contributed by atoms with E-state index in [2.05, 4.69) is 37.9 Å². The molecule has 4 heterocycles. The zero-order valence-electron chi connectivity index (χ0n) is 16.1. The summed E-state index contributed by atoms with van der Waals surface area (Å²) in [6, 6.07) is 4.25. The Bertz CT molecular complexity index is 765. The minimum Gasteiger partial charge on any atom is -0.381 e. The van der Waals surface area contributed by atoms with E-state index in [1.165, 1.54) is 17.7 Å². The molecule has 8 heteroatoms. The first-order valence-corrected chi connectivity index (χ1v) is 10.6. The van der Waals surface area contributed by atoms with Crippen LogP contribution in [0, 0.1) is 18.8 Å². The lowest BCUT2D eigenvalue weighted by atomic mass is 9.91. The van der Waals surface area contributed by atoms with E-state index < -0.39 is 0 Å². The number of rotatable bonds is 5. The summed E-state index contributed by atoms with van der Waals surface area (Å²) in [5, 5.41) is 14.1. The van der Waals surface area contributed by atoms with Crippen LogP contribution < -0.4 is 5.32 Å². The van der Waals surface area contributed by atoms with Gasteiger partial charge in [-0.15, -0.1) is 21.5 Å². The molecule has 2 aliphatic heterocycles. The molecule has 0 spiro atoms. The molecule has 0 amide bonds. The van der Waals surface area contributed by atoms with Gasteiger partial charge in [0.15, 0.2) is 11.8 Å². The number of nitrogens with zero attached hydrogens (tertiary/aromatic N) is 5. The van der Waals surface area contributed by atoms with Gasteiger partial charge in [0.1, 0.15) is 12.4 Å². The minimum absolute atomic E-state index is 0.540. The second-order valence-corrected chi connectivity index (χ2v) is 8.45. The van der Waals surface area contributed by atoms with E-state index >= 15 is 0 Å². The van der Waals surface area contributed by atoms with Crippen LogP contribution >= 0.6 is 11.3 Å². The van der Waals surface area contributed by atoms with Gasteiger partial charge in [0, 0.05) is 38.2 Å². The van der Waals surface area contributed by atoms with Crippen molar-refractivity contribution >= 4 is 17.3 Å². The van der Waals surface area contributed by atoms with Crippen molar-refractivity contribution in [3.63, 3.8) is 0 Å². The standard InChI is InChI=1S/C19H28N6OS/c1-14-22-23-18(24(14)2)11-21-19(20-10-17-4-3-9-27-17)25-7-5-15(12-25)16-6-8-26-13-16/h3-4,9,15-16H,5-8,10-13H2,1-2H3,(H,20,21). The highest BCUT2D eigenvalue weighted by atomic mass is 32.1. The normalized spacial score (nSPS) is 23.3. The van der Waals surface area contributed by atoms with Crippen LogP contribution in [-0.2, 0) is 24.9 Å². The maximum Gasteiger partial charge on any atom is 0.194 e. The number of ether oxygens (including phenoxy) is 1. The van der Waals surface area contributed by atoms with Crippen LogP contribution in [0.4, 0.5) is 0 Å². The molecule has 4 rings (SSSR count). The molecular formula is C19H28N6OS. The van der Waals surface area contributed by atoms with E-state index in [1.807, 2.05) is 18.5 Å². The highest BCUT2D eigenvalue weighted by molar-refractivity contribution is 7.09. The molecule has 2 aromatic heterocycles. The molecule has 0 saturated carbocycles. The molecule has 0 bridgehead atoms. The number of guanidine groups is 1. The average Bonchev–Trinajstić information content (AvgIpc) is 3.45. The highest BCUT2D eigenvalue weighted by Gasteiger charge is 2.33. The number of aryl methyl sites for hydroxylation is 1. The van der Waals surface area contributed by atoms with Crippen molar-refractivity contribution in [2.75, 3.05) is 26.3 Å². The lowest BCUT2D eigenvalue weighted by Gasteiger charge is -2.23. The number of hydrogen-bond acceptors (Lipinski definition) is 5. The summed E-state index contributed by atoms with van der Waals surface area (Å²) in [5.74, 6) is 4.19. The van der Waals surface area contributed by atoms with Gasteiger partial charge in [0.25, 0.3) is 0 Å². The van der Waals surface area contributed by atoms with Crippen molar-refractivity contribution in [1.82, 2.24) is 25.0 Å². The van der Waals surface area contributed by atoms with E-state index in [0.29, 0.717) is 18.4 Å². The Balaban J connectivity index is 1.45. The lowest BCUT2D eigenvalue weighted by molar-refractivity contribution is 0.173. The van der Waals surface area contributed by atoms with E-state index in [4.69, 9.17) is 9.73 Å². The topological polar surface area (TPSA) is 67.6 Å². The third-order valence-electron chi connectivity index (χ3n) is 5.71. The van der Waals surface area contributed by atoms with Crippen LogP contribution in [0.3, 0.4) is 0 Å². The van der Waals surface area contributed by atoms with Gasteiger partial charge in [0.2, 0.25) is 0 Å². The number of thiophene rings is 1.